The minimum Gasteiger partial charge on any atom is -0.412 e. The minimum atomic E-state index is -1.75. The molecule has 0 aliphatic heterocycles. The largest absolute Gasteiger partial charge is 4.00 e. The van der Waals surface area contributed by atoms with E-state index < -0.39 is 20.3 Å². The van der Waals surface area contributed by atoms with Crippen LogP contribution in [0.25, 0.3) is 0 Å². The van der Waals surface area contributed by atoms with Gasteiger partial charge in [-0.05, 0) is 0 Å². The van der Waals surface area contributed by atoms with E-state index in [1.807, 2.05) is 0 Å². The van der Waals surface area contributed by atoms with E-state index in [9.17, 15) is 0 Å². The Morgan fingerprint density at radius 2 is 0.381 bits per heavy atom. The first-order valence-corrected chi connectivity index (χ1v) is 2.19. The fraction of sp³-hybridized carbons (Fsp3) is 0. The van der Waals surface area contributed by atoms with Gasteiger partial charge in [0.1, 0.15) is 0 Å². The molecule has 0 aliphatic carbocycles. The van der Waals surface area contributed by atoms with Crippen LogP contribution in [0.15, 0.2) is 0 Å². The van der Waals surface area contributed by atoms with Crippen LogP contribution in [-0.2, 0) is 17.1 Å². The second kappa shape index (κ2) is 53.4. The molecule has 0 aliphatic rings. The maximum absolute atomic E-state index is 8.25. The van der Waals surface area contributed by atoms with Gasteiger partial charge in [0.25, 0.3) is 0 Å². The number of nitrogens with zero attached hydrogens (tertiary/aromatic N) is 4. The van der Waals surface area contributed by atoms with Crippen molar-refractivity contribution in [3.8, 4) is 0 Å². The Balaban J connectivity index is -0.0000000121. The van der Waals surface area contributed by atoms with Crippen molar-refractivity contribution in [2.75, 3.05) is 0 Å². The van der Waals surface area contributed by atoms with Gasteiger partial charge in [-0.3, -0.25) is 0 Å². The van der Waals surface area contributed by atoms with Crippen LogP contribution in [0.1, 0.15) is 0 Å². The first kappa shape index (κ1) is 63.7. The first-order chi connectivity index (χ1) is 6.93. The zero-order chi connectivity index (χ0) is 14.3. The fourth-order valence-corrected chi connectivity index (χ4v) is 0. The van der Waals surface area contributed by atoms with Crippen molar-refractivity contribution in [1.29, 1.82) is 0 Å². The molecule has 0 bridgehead atoms. The zero-order valence-electron chi connectivity index (χ0n) is 9.07. The van der Waals surface area contributed by atoms with Gasteiger partial charge < -0.3 is 83.2 Å². The smallest absolute Gasteiger partial charge is 0.412 e. The fourth-order valence-electron chi connectivity index (χ4n) is 0. The summed E-state index contributed by atoms with van der Waals surface area (Å²) in [6, 6.07) is 0. The second-order valence-electron chi connectivity index (χ2n) is 0.894. The third kappa shape index (κ3) is 489. The summed E-state index contributed by atoms with van der Waals surface area (Å²) in [7, 11) is 0. The van der Waals surface area contributed by atoms with E-state index in [1.165, 1.54) is 0 Å². The minimum absolute atomic E-state index is 0. The van der Waals surface area contributed by atoms with Crippen LogP contribution >= 0.6 is 0 Å². The number of hydrogen-bond acceptors (Lipinski definition) is 12. The van der Waals surface area contributed by atoms with E-state index in [4.69, 9.17) is 61.3 Å². The molecule has 20 nitrogen and oxygen atoms in total. The Hall–Kier alpha value is -2.84. The van der Waals surface area contributed by atoms with Gasteiger partial charge in [-0.2, -0.15) is 0 Å². The van der Waals surface area contributed by atoms with E-state index in [-0.39, 0.29) is 39.0 Å². The maximum Gasteiger partial charge on any atom is 4.00 e. The van der Waals surface area contributed by atoms with E-state index in [2.05, 4.69) is 0 Å². The van der Waals surface area contributed by atoms with Gasteiger partial charge in [-0.25, -0.2) is 0 Å². The summed E-state index contributed by atoms with van der Waals surface area (Å²) < 4.78 is 0. The van der Waals surface area contributed by atoms with Crippen molar-refractivity contribution in [3.05, 3.63) is 61.3 Å². The van der Waals surface area contributed by atoms with Gasteiger partial charge in [0.05, 0.1) is 20.3 Å². The van der Waals surface area contributed by atoms with Gasteiger partial charge >= 0.3 is 17.1 Å². The molecule has 0 fully saturated rings. The van der Waals surface area contributed by atoms with Gasteiger partial charge in [-0.15, -0.1) is 0 Å². The Morgan fingerprint density at radius 3 is 0.381 bits per heavy atom. The van der Waals surface area contributed by atoms with Gasteiger partial charge in [0, 0.05) is 0 Å². The molecule has 0 rings (SSSR count). The molecule has 0 spiro atoms. The molecule has 21 heteroatoms. The molecule has 0 amide bonds. The summed E-state index contributed by atoms with van der Waals surface area (Å²) >= 11 is 0. The summed E-state index contributed by atoms with van der Waals surface area (Å²) in [5, 5.41) is 59.0. The van der Waals surface area contributed by atoms with Crippen LogP contribution in [0, 0.1) is 61.3 Å². The first-order valence-electron chi connectivity index (χ1n) is 2.19. The van der Waals surface area contributed by atoms with E-state index >= 15 is 0 Å². The molecular weight excluding hydrogens is 367 g/mol. The van der Waals surface area contributed by atoms with Crippen molar-refractivity contribution in [2.24, 2.45) is 0 Å². The SMILES string of the molecule is O.O.O.O.O=[N+]([O-])[O-].O=[N+]([O-])[O-].O=[N+]([O-])[O-].O=[N+]([O-])[O-].[Mn+4]. The van der Waals surface area contributed by atoms with E-state index in [0.29, 0.717) is 0 Å². The number of hydrogen-bond donors (Lipinski definition) is 0. The molecule has 0 aromatic heterocycles. The van der Waals surface area contributed by atoms with Crippen molar-refractivity contribution in [2.45, 2.75) is 0 Å². The molecule has 1 radical (unpaired) electrons. The van der Waals surface area contributed by atoms with Crippen LogP contribution in [0.5, 0.6) is 0 Å². The monoisotopic (exact) mass is 375 g/mol. The molecule has 0 aromatic carbocycles. The van der Waals surface area contributed by atoms with Crippen LogP contribution in [0.4, 0.5) is 0 Å². The van der Waals surface area contributed by atoms with Crippen molar-refractivity contribution < 1.29 is 59.3 Å². The molecule has 21 heavy (non-hydrogen) atoms. The van der Waals surface area contributed by atoms with Crippen LogP contribution in [0.3, 0.4) is 0 Å². The van der Waals surface area contributed by atoms with Crippen molar-refractivity contribution in [3.63, 3.8) is 0 Å². The second-order valence-corrected chi connectivity index (χ2v) is 0.894. The molecule has 0 unspecified atom stereocenters. The van der Waals surface area contributed by atoms with E-state index in [1.54, 1.807) is 0 Å². The summed E-state index contributed by atoms with van der Waals surface area (Å²) in [5.41, 5.74) is 0. The third-order valence-electron chi connectivity index (χ3n) is 0. The molecule has 8 N–H and O–H groups in total. The van der Waals surface area contributed by atoms with Crippen LogP contribution in [-0.4, -0.2) is 42.3 Å². The average molecular weight is 375 g/mol. The quantitative estimate of drug-likeness (QED) is 0.220. The van der Waals surface area contributed by atoms with Gasteiger partial charge in [0.15, 0.2) is 0 Å². The summed E-state index contributed by atoms with van der Waals surface area (Å²) in [6.45, 7) is 0. The van der Waals surface area contributed by atoms with Gasteiger partial charge in [-0.1, -0.05) is 0 Å². The molecule has 131 valence electrons. The van der Waals surface area contributed by atoms with Crippen molar-refractivity contribution in [1.82, 2.24) is 0 Å². The maximum atomic E-state index is 8.25. The predicted molar refractivity (Wildman–Crippen MR) is 55.9 cm³/mol. The van der Waals surface area contributed by atoms with Crippen LogP contribution < -0.4 is 0 Å². The molecule has 0 saturated heterocycles. The third-order valence-corrected chi connectivity index (χ3v) is 0. The zero-order valence-corrected chi connectivity index (χ0v) is 10.2. The molecule has 0 atom stereocenters. The summed E-state index contributed by atoms with van der Waals surface area (Å²) in [6.07, 6.45) is 0. The van der Waals surface area contributed by atoms with Crippen LogP contribution in [0.2, 0.25) is 0 Å². The average Bonchev–Trinajstić information content (AvgIpc) is 1.76. The van der Waals surface area contributed by atoms with E-state index in [0.717, 1.165) is 0 Å². The molecular formula is H8MnN4O16. The normalized spacial score (nSPS) is 4.57. The van der Waals surface area contributed by atoms with Crippen molar-refractivity contribution >= 4 is 0 Å². The Kier molecular flexibility index (Phi) is 162. The molecule has 0 aromatic rings. The summed E-state index contributed by atoms with van der Waals surface area (Å²) in [4.78, 5) is 33.0. The number of rotatable bonds is 0. The topological polar surface area (TPSA) is 391 Å². The standard InChI is InChI=1S/Mn.4NO3.4H2O/c;4*2-1(3)4;;;;/h;;;;;4*1H2/q+4;4*-1;;;;. The Bertz CT molecular complexity index is 160. The summed E-state index contributed by atoms with van der Waals surface area (Å²) in [5.74, 6) is 0. The Morgan fingerprint density at radius 1 is 0.381 bits per heavy atom. The molecule has 0 heterocycles. The Labute approximate surface area is 122 Å². The predicted octanol–water partition coefficient (Wildman–Crippen LogP) is -4.26. The molecule has 0 saturated carbocycles. The van der Waals surface area contributed by atoms with Gasteiger partial charge in [0.2, 0.25) is 0 Å².